The lowest BCUT2D eigenvalue weighted by atomic mass is 9.99. The summed E-state index contributed by atoms with van der Waals surface area (Å²) in [7, 11) is 0. The molecule has 0 aliphatic heterocycles. The molecule has 0 aliphatic rings. The van der Waals surface area contributed by atoms with Crippen LogP contribution in [0.3, 0.4) is 0 Å². The maximum Gasteiger partial charge on any atom is 0.398 e. The van der Waals surface area contributed by atoms with Crippen molar-refractivity contribution in [3.63, 3.8) is 0 Å². The van der Waals surface area contributed by atoms with E-state index in [0.717, 1.165) is 5.56 Å². The number of hydrogen-bond donors (Lipinski definition) is 3. The number of halogens is 3. The van der Waals surface area contributed by atoms with Crippen LogP contribution in [0.25, 0.3) is 0 Å². The number of urea groups is 1. The Morgan fingerprint density at radius 3 is 2.44 bits per heavy atom. The fourth-order valence-electron chi connectivity index (χ4n) is 1.97. The van der Waals surface area contributed by atoms with Crippen LogP contribution in [0.4, 0.5) is 23.7 Å². The first-order chi connectivity index (χ1) is 11.4. The number of rotatable bonds is 7. The lowest BCUT2D eigenvalue weighted by Gasteiger charge is -2.26. The third-order valence-electron chi connectivity index (χ3n) is 3.19. The fourth-order valence-corrected chi connectivity index (χ4v) is 2.72. The second-order valence-electron chi connectivity index (χ2n) is 6.26. The number of hydrogen-bond acceptors (Lipinski definition) is 3. The van der Waals surface area contributed by atoms with E-state index in [1.165, 1.54) is 6.07 Å². The smallest absolute Gasteiger partial charge is 0.398 e. The quantitative estimate of drug-likeness (QED) is 0.614. The monoisotopic (exact) mass is 378 g/mol. The number of carboxylic acid groups (broad SMARTS) is 1. The summed E-state index contributed by atoms with van der Waals surface area (Å²) in [6, 6.07) is 4.17. The molecule has 0 aliphatic carbocycles. The van der Waals surface area contributed by atoms with E-state index in [0.29, 0.717) is 16.7 Å². The van der Waals surface area contributed by atoms with Crippen molar-refractivity contribution in [2.75, 3.05) is 11.1 Å². The minimum absolute atomic E-state index is 0.107. The molecule has 3 N–H and O–H groups in total. The van der Waals surface area contributed by atoms with Crippen molar-refractivity contribution < 1.29 is 27.9 Å². The lowest BCUT2D eigenvalue weighted by molar-refractivity contribution is -0.137. The van der Waals surface area contributed by atoms with Crippen molar-refractivity contribution in [2.24, 2.45) is 0 Å². The van der Waals surface area contributed by atoms with Crippen LogP contribution in [0.15, 0.2) is 23.1 Å². The molecule has 0 atom stereocenters. The number of carbonyl (C=O) groups excluding carboxylic acids is 1. The molecule has 0 saturated carbocycles. The summed E-state index contributed by atoms with van der Waals surface area (Å²) in [4.78, 5) is 23.1. The molecule has 1 aromatic carbocycles. The van der Waals surface area contributed by atoms with Crippen molar-refractivity contribution in [3.8, 4) is 0 Å². The van der Waals surface area contributed by atoms with Gasteiger partial charge in [0.05, 0.1) is 11.4 Å². The molecule has 0 unspecified atom stereocenters. The van der Waals surface area contributed by atoms with Crippen LogP contribution in [0, 0.1) is 6.92 Å². The van der Waals surface area contributed by atoms with Gasteiger partial charge >= 0.3 is 18.2 Å². The zero-order chi connectivity index (χ0) is 19.3. The molecular weight excluding hydrogens is 357 g/mol. The van der Waals surface area contributed by atoms with Crippen LogP contribution in [-0.4, -0.2) is 34.6 Å². The predicted octanol–water partition coefficient (Wildman–Crippen LogP) is 4.41. The van der Waals surface area contributed by atoms with Gasteiger partial charge in [0.1, 0.15) is 0 Å². The Balaban J connectivity index is 2.78. The van der Waals surface area contributed by atoms with Gasteiger partial charge in [-0.2, -0.15) is 13.2 Å². The van der Waals surface area contributed by atoms with E-state index < -0.39 is 29.5 Å². The number of anilines is 1. The fraction of sp³-hybridized carbons (Fsp3) is 0.500. The standard InChI is InChI=1S/C16H21F3N2O3S/c1-10-4-5-12(25-9-16(17,18)19)11(8-10)20-14(24)21-15(2,3)7-6-13(22)23/h4-5,8H,6-7,9H2,1-3H3,(H,22,23)(H2,20,21,24). The van der Waals surface area contributed by atoms with Crippen LogP contribution < -0.4 is 10.6 Å². The summed E-state index contributed by atoms with van der Waals surface area (Å²) in [5, 5.41) is 13.9. The van der Waals surface area contributed by atoms with Gasteiger partial charge in [0.25, 0.3) is 0 Å². The van der Waals surface area contributed by atoms with Gasteiger partial charge in [0.15, 0.2) is 0 Å². The highest BCUT2D eigenvalue weighted by Gasteiger charge is 2.28. The summed E-state index contributed by atoms with van der Waals surface area (Å²) in [6.45, 7) is 5.11. The van der Waals surface area contributed by atoms with Crippen molar-refractivity contribution in [2.45, 2.75) is 50.2 Å². The number of amides is 2. The van der Waals surface area contributed by atoms with Gasteiger partial charge in [-0.3, -0.25) is 4.79 Å². The van der Waals surface area contributed by atoms with Gasteiger partial charge in [-0.25, -0.2) is 4.79 Å². The summed E-state index contributed by atoms with van der Waals surface area (Å²) in [5.41, 5.74) is 0.295. The van der Waals surface area contributed by atoms with Crippen molar-refractivity contribution >= 4 is 29.4 Å². The Labute approximate surface area is 148 Å². The highest BCUT2D eigenvalue weighted by atomic mass is 32.2. The average molecular weight is 378 g/mol. The van der Waals surface area contributed by atoms with Gasteiger partial charge in [-0.15, -0.1) is 11.8 Å². The number of thioether (sulfide) groups is 1. The molecule has 25 heavy (non-hydrogen) atoms. The van der Waals surface area contributed by atoms with Crippen LogP contribution in [0.5, 0.6) is 0 Å². The van der Waals surface area contributed by atoms with Gasteiger partial charge in [-0.1, -0.05) is 6.07 Å². The number of aryl methyl sites for hydroxylation is 1. The van der Waals surface area contributed by atoms with Crippen molar-refractivity contribution in [3.05, 3.63) is 23.8 Å². The van der Waals surface area contributed by atoms with Gasteiger partial charge < -0.3 is 15.7 Å². The van der Waals surface area contributed by atoms with Gasteiger partial charge in [-0.05, 0) is 44.9 Å². The number of nitrogens with one attached hydrogen (secondary N) is 2. The highest BCUT2D eigenvalue weighted by molar-refractivity contribution is 7.99. The summed E-state index contributed by atoms with van der Waals surface area (Å²) in [6.07, 6.45) is -4.20. The first-order valence-corrected chi connectivity index (χ1v) is 8.48. The molecule has 0 fully saturated rings. The number of aliphatic carboxylic acids is 1. The molecule has 5 nitrogen and oxygen atoms in total. The Morgan fingerprint density at radius 2 is 1.88 bits per heavy atom. The molecule has 1 aromatic rings. The molecular formula is C16H21F3N2O3S. The first-order valence-electron chi connectivity index (χ1n) is 7.49. The molecule has 9 heteroatoms. The largest absolute Gasteiger partial charge is 0.481 e. The Morgan fingerprint density at radius 1 is 1.24 bits per heavy atom. The molecule has 1 rings (SSSR count). The molecule has 0 saturated heterocycles. The summed E-state index contributed by atoms with van der Waals surface area (Å²) >= 11 is 0.592. The molecule has 2 amide bonds. The van der Waals surface area contributed by atoms with Gasteiger partial charge in [0, 0.05) is 16.9 Å². The first kappa shape index (κ1) is 21.1. The van der Waals surface area contributed by atoms with E-state index in [2.05, 4.69) is 10.6 Å². The van der Waals surface area contributed by atoms with Crippen molar-refractivity contribution in [1.82, 2.24) is 5.32 Å². The minimum Gasteiger partial charge on any atom is -0.481 e. The minimum atomic E-state index is -4.31. The number of benzene rings is 1. The summed E-state index contributed by atoms with van der Waals surface area (Å²) in [5.74, 6) is -2.03. The molecule has 140 valence electrons. The number of carbonyl (C=O) groups is 2. The second kappa shape index (κ2) is 8.46. The lowest BCUT2D eigenvalue weighted by Crippen LogP contribution is -2.45. The maximum atomic E-state index is 12.4. The van der Waals surface area contributed by atoms with E-state index in [-0.39, 0.29) is 18.5 Å². The molecule has 0 bridgehead atoms. The molecule has 0 spiro atoms. The molecule has 0 heterocycles. The zero-order valence-corrected chi connectivity index (χ0v) is 15.0. The number of alkyl halides is 3. The molecule has 0 radical (unpaired) electrons. The van der Waals surface area contributed by atoms with Crippen LogP contribution >= 0.6 is 11.8 Å². The van der Waals surface area contributed by atoms with Crippen LogP contribution in [-0.2, 0) is 4.79 Å². The van der Waals surface area contributed by atoms with E-state index in [1.54, 1.807) is 32.9 Å². The van der Waals surface area contributed by atoms with Crippen LogP contribution in [0.2, 0.25) is 0 Å². The third kappa shape index (κ3) is 8.67. The highest BCUT2D eigenvalue weighted by Crippen LogP contribution is 2.33. The SMILES string of the molecule is Cc1ccc(SCC(F)(F)F)c(NC(=O)NC(C)(C)CCC(=O)O)c1. The van der Waals surface area contributed by atoms with Gasteiger partial charge in [0.2, 0.25) is 0 Å². The zero-order valence-electron chi connectivity index (χ0n) is 14.2. The van der Waals surface area contributed by atoms with E-state index in [9.17, 15) is 22.8 Å². The van der Waals surface area contributed by atoms with E-state index >= 15 is 0 Å². The average Bonchev–Trinajstić information content (AvgIpc) is 2.42. The number of carboxylic acids is 1. The predicted molar refractivity (Wildman–Crippen MR) is 91.1 cm³/mol. The van der Waals surface area contributed by atoms with E-state index in [4.69, 9.17) is 5.11 Å². The normalized spacial score (nSPS) is 11.9. The Bertz CT molecular complexity index is 634. The second-order valence-corrected chi connectivity index (χ2v) is 7.28. The van der Waals surface area contributed by atoms with Crippen LogP contribution in [0.1, 0.15) is 32.3 Å². The van der Waals surface area contributed by atoms with E-state index in [1.807, 2.05) is 0 Å². The topological polar surface area (TPSA) is 78.4 Å². The maximum absolute atomic E-state index is 12.4. The molecule has 0 aromatic heterocycles. The van der Waals surface area contributed by atoms with Crippen molar-refractivity contribution in [1.29, 1.82) is 0 Å². The Kier molecular flexibility index (Phi) is 7.16. The Hall–Kier alpha value is -1.90. The summed E-state index contributed by atoms with van der Waals surface area (Å²) < 4.78 is 37.3. The third-order valence-corrected chi connectivity index (χ3v) is 4.33.